The smallest absolute Gasteiger partial charge is 0.311 e. The van der Waals surface area contributed by atoms with Crippen molar-refractivity contribution in [3.8, 4) is 5.75 Å². The molecule has 0 spiro atoms. The quantitative estimate of drug-likeness (QED) is 0.577. The Morgan fingerprint density at radius 3 is 2.36 bits per heavy atom. The number of para-hydroxylation sites is 1. The van der Waals surface area contributed by atoms with Crippen LogP contribution in [0.4, 0.5) is 0 Å². The molecule has 0 aliphatic carbocycles. The third-order valence-corrected chi connectivity index (χ3v) is 14.2. The zero-order chi connectivity index (χ0) is 18.7. The summed E-state index contributed by atoms with van der Waals surface area (Å²) in [5.41, 5.74) is 1.29. The van der Waals surface area contributed by atoms with Gasteiger partial charge in [0.25, 0.3) is 0 Å². The van der Waals surface area contributed by atoms with Crippen LogP contribution in [0.2, 0.25) is 51.9 Å². The maximum Gasteiger partial charge on any atom is 0.311 e. The second-order valence-electron chi connectivity index (χ2n) is 9.01. The SMILES string of the molecule is C[Si](C)(C)O[Si](C)(C)O[Si](C)(C)CCCN1COc2ccccc2C1. The van der Waals surface area contributed by atoms with Gasteiger partial charge in [0, 0.05) is 18.7 Å². The molecule has 0 atom stereocenters. The molecule has 1 aromatic carbocycles. The van der Waals surface area contributed by atoms with Crippen molar-refractivity contribution in [3.05, 3.63) is 29.8 Å². The fourth-order valence-electron chi connectivity index (χ4n) is 3.57. The highest BCUT2D eigenvalue weighted by Gasteiger charge is 2.37. The van der Waals surface area contributed by atoms with Crippen LogP contribution in [0.3, 0.4) is 0 Å². The largest absolute Gasteiger partial charge is 0.478 e. The van der Waals surface area contributed by atoms with Crippen LogP contribution in [0.5, 0.6) is 5.75 Å². The molecule has 0 saturated carbocycles. The monoisotopic (exact) mass is 397 g/mol. The molecule has 7 heteroatoms. The van der Waals surface area contributed by atoms with Gasteiger partial charge < -0.3 is 13.0 Å². The van der Waals surface area contributed by atoms with Gasteiger partial charge in [0.1, 0.15) is 12.5 Å². The Morgan fingerprint density at radius 2 is 1.68 bits per heavy atom. The molecule has 0 unspecified atom stereocenters. The number of fused-ring (bicyclic) bond motifs is 1. The Bertz CT molecular complexity index is 573. The fraction of sp³-hybridized carbons (Fsp3) is 0.667. The first kappa shape index (κ1) is 20.9. The van der Waals surface area contributed by atoms with Gasteiger partial charge in [0.05, 0.1) is 0 Å². The van der Waals surface area contributed by atoms with Crippen molar-refractivity contribution >= 4 is 25.2 Å². The lowest BCUT2D eigenvalue weighted by atomic mass is 10.1. The van der Waals surface area contributed by atoms with Gasteiger partial charge in [-0.15, -0.1) is 0 Å². The van der Waals surface area contributed by atoms with Crippen molar-refractivity contribution < 1.29 is 13.0 Å². The molecule has 0 aromatic heterocycles. The first-order chi connectivity index (χ1) is 11.5. The van der Waals surface area contributed by atoms with Crippen LogP contribution in [0.25, 0.3) is 0 Å². The van der Waals surface area contributed by atoms with Crippen molar-refractivity contribution in [2.75, 3.05) is 13.3 Å². The molecule has 4 nitrogen and oxygen atoms in total. The number of hydrogen-bond acceptors (Lipinski definition) is 4. The molecule has 25 heavy (non-hydrogen) atoms. The highest BCUT2D eigenvalue weighted by atomic mass is 28.5. The summed E-state index contributed by atoms with van der Waals surface area (Å²) >= 11 is 0. The van der Waals surface area contributed by atoms with E-state index in [1.807, 2.05) is 6.07 Å². The van der Waals surface area contributed by atoms with Crippen LogP contribution >= 0.6 is 0 Å². The van der Waals surface area contributed by atoms with Gasteiger partial charge in [0.15, 0.2) is 16.6 Å². The molecule has 1 aromatic rings. The summed E-state index contributed by atoms with van der Waals surface area (Å²) in [6.45, 7) is 18.5. The summed E-state index contributed by atoms with van der Waals surface area (Å²) in [5.74, 6) is 1.04. The first-order valence-corrected chi connectivity index (χ1v) is 18.6. The van der Waals surface area contributed by atoms with Gasteiger partial charge in [-0.05, 0) is 64.4 Å². The molecule has 1 aliphatic rings. The molecular weight excluding hydrogens is 362 g/mol. The summed E-state index contributed by atoms with van der Waals surface area (Å²) in [7, 11) is -5.28. The summed E-state index contributed by atoms with van der Waals surface area (Å²) in [5, 5.41) is 0. The Labute approximate surface area is 157 Å². The molecule has 1 heterocycles. The Morgan fingerprint density at radius 1 is 1.00 bits per heavy atom. The van der Waals surface area contributed by atoms with E-state index in [0.717, 1.165) is 31.3 Å². The second-order valence-corrected chi connectivity index (χ2v) is 21.7. The van der Waals surface area contributed by atoms with E-state index in [4.69, 9.17) is 13.0 Å². The standard InChI is InChI=1S/C18H35NO3Si3/c1-23(2,3)21-25(6,7)22-24(4,5)14-10-13-19-15-17-11-8-9-12-18(17)20-16-19/h8-9,11-12H,10,13-16H2,1-7H3. The molecule has 0 saturated heterocycles. The number of hydrogen-bond donors (Lipinski definition) is 0. The predicted octanol–water partition coefficient (Wildman–Crippen LogP) is 5.00. The average molecular weight is 398 g/mol. The van der Waals surface area contributed by atoms with E-state index >= 15 is 0 Å². The summed E-state index contributed by atoms with van der Waals surface area (Å²) < 4.78 is 18.8. The van der Waals surface area contributed by atoms with Gasteiger partial charge in [-0.3, -0.25) is 4.90 Å². The maximum absolute atomic E-state index is 6.59. The summed E-state index contributed by atoms with van der Waals surface area (Å²) in [4.78, 5) is 2.38. The molecule has 0 radical (unpaired) electrons. The van der Waals surface area contributed by atoms with Gasteiger partial charge in [-0.25, -0.2) is 0 Å². The van der Waals surface area contributed by atoms with Gasteiger partial charge in [0.2, 0.25) is 0 Å². The summed E-state index contributed by atoms with van der Waals surface area (Å²) in [6, 6.07) is 9.50. The number of rotatable bonds is 8. The average Bonchev–Trinajstić information content (AvgIpc) is 2.43. The first-order valence-electron chi connectivity index (χ1n) is 9.29. The third kappa shape index (κ3) is 7.36. The fourth-order valence-corrected chi connectivity index (χ4v) is 16.8. The topological polar surface area (TPSA) is 30.9 Å². The van der Waals surface area contributed by atoms with Crippen molar-refractivity contribution in [1.82, 2.24) is 4.90 Å². The number of benzene rings is 1. The summed E-state index contributed by atoms with van der Waals surface area (Å²) in [6.07, 6.45) is 1.15. The number of nitrogens with zero attached hydrogens (tertiary/aromatic N) is 1. The van der Waals surface area contributed by atoms with E-state index in [0.29, 0.717) is 6.73 Å². The van der Waals surface area contributed by atoms with E-state index in [-0.39, 0.29) is 0 Å². The molecule has 2 rings (SSSR count). The van der Waals surface area contributed by atoms with Gasteiger partial charge in [-0.2, -0.15) is 0 Å². The van der Waals surface area contributed by atoms with Crippen LogP contribution in [-0.4, -0.2) is 43.4 Å². The van der Waals surface area contributed by atoms with Crippen LogP contribution < -0.4 is 4.74 Å². The zero-order valence-electron chi connectivity index (χ0n) is 17.0. The molecule has 0 amide bonds. The molecular formula is C18H35NO3Si3. The minimum absolute atomic E-state index is 0.693. The lowest BCUT2D eigenvalue weighted by molar-refractivity contribution is 0.0952. The Hall–Kier alpha value is -0.449. The third-order valence-electron chi connectivity index (χ3n) is 4.10. The van der Waals surface area contributed by atoms with E-state index < -0.39 is 25.2 Å². The molecule has 0 N–H and O–H groups in total. The highest BCUT2D eigenvalue weighted by molar-refractivity contribution is 6.87. The lowest BCUT2D eigenvalue weighted by Gasteiger charge is -2.38. The van der Waals surface area contributed by atoms with Crippen molar-refractivity contribution in [2.24, 2.45) is 0 Å². The van der Waals surface area contributed by atoms with Crippen LogP contribution in [0.1, 0.15) is 12.0 Å². The normalized spacial score (nSPS) is 16.4. The minimum atomic E-state index is -2.03. The molecule has 142 valence electrons. The van der Waals surface area contributed by atoms with Crippen molar-refractivity contribution in [1.29, 1.82) is 0 Å². The molecule has 0 bridgehead atoms. The van der Waals surface area contributed by atoms with Crippen molar-refractivity contribution in [2.45, 2.75) is 64.8 Å². The highest BCUT2D eigenvalue weighted by Crippen LogP contribution is 2.26. The molecule has 1 aliphatic heterocycles. The van der Waals surface area contributed by atoms with E-state index in [2.05, 4.69) is 68.9 Å². The second kappa shape index (κ2) is 8.06. The Kier molecular flexibility index (Phi) is 6.72. The van der Waals surface area contributed by atoms with Crippen LogP contribution in [0, 0.1) is 0 Å². The number of ether oxygens (including phenoxy) is 1. The lowest BCUT2D eigenvalue weighted by Crippen LogP contribution is -2.51. The van der Waals surface area contributed by atoms with E-state index in [9.17, 15) is 0 Å². The van der Waals surface area contributed by atoms with Gasteiger partial charge in [-0.1, -0.05) is 18.2 Å². The van der Waals surface area contributed by atoms with Crippen LogP contribution in [-0.2, 0) is 14.8 Å². The predicted molar refractivity (Wildman–Crippen MR) is 112 cm³/mol. The van der Waals surface area contributed by atoms with Crippen LogP contribution in [0.15, 0.2) is 24.3 Å². The maximum atomic E-state index is 6.59. The van der Waals surface area contributed by atoms with E-state index in [1.165, 1.54) is 5.56 Å². The minimum Gasteiger partial charge on any atom is -0.478 e. The molecule has 0 fully saturated rings. The Balaban J connectivity index is 1.79. The van der Waals surface area contributed by atoms with Gasteiger partial charge >= 0.3 is 8.56 Å². The van der Waals surface area contributed by atoms with E-state index in [1.54, 1.807) is 0 Å². The van der Waals surface area contributed by atoms with Crippen molar-refractivity contribution in [3.63, 3.8) is 0 Å². The zero-order valence-corrected chi connectivity index (χ0v) is 20.0.